The number of phenols is 1. The van der Waals surface area contributed by atoms with Crippen molar-refractivity contribution in [3.63, 3.8) is 0 Å². The number of nitro groups is 1. The maximum Gasteiger partial charge on any atom is 0.487 e. The number of nitro benzene ring substituents is 1. The normalized spacial score (nSPS) is 25.8. The second kappa shape index (κ2) is 9.46. The highest BCUT2D eigenvalue weighted by Crippen LogP contribution is 2.53. The van der Waals surface area contributed by atoms with Crippen LogP contribution >= 0.6 is 15.9 Å². The van der Waals surface area contributed by atoms with E-state index in [-0.39, 0.29) is 23.0 Å². The summed E-state index contributed by atoms with van der Waals surface area (Å²) in [6.07, 6.45) is 1.38. The van der Waals surface area contributed by atoms with Crippen LogP contribution in [0.5, 0.6) is 5.75 Å². The van der Waals surface area contributed by atoms with Crippen molar-refractivity contribution < 1.29 is 29.3 Å². The Morgan fingerprint density at radius 2 is 1.97 bits per heavy atom. The van der Waals surface area contributed by atoms with Gasteiger partial charge in [-0.25, -0.2) is 4.90 Å². The number of carbonyl (C=O) groups excluding carboxylic acids is 2. The average Bonchev–Trinajstić information content (AvgIpc) is 3.10. The van der Waals surface area contributed by atoms with Crippen LogP contribution in [0.2, 0.25) is 0 Å². The van der Waals surface area contributed by atoms with E-state index in [9.17, 15) is 29.8 Å². The maximum absolute atomic E-state index is 13.8. The van der Waals surface area contributed by atoms with Crippen molar-refractivity contribution in [3.05, 3.63) is 73.7 Å². The molecule has 2 amide bonds. The molecular weight excluding hydrogens is 531 g/mol. The first kappa shape index (κ1) is 24.7. The van der Waals surface area contributed by atoms with Gasteiger partial charge in [0.05, 0.1) is 28.6 Å². The number of halogens is 1. The van der Waals surface area contributed by atoms with E-state index in [2.05, 4.69) is 15.9 Å². The smallest absolute Gasteiger partial charge is 0.487 e. The van der Waals surface area contributed by atoms with Gasteiger partial charge in [0.25, 0.3) is 5.69 Å². The summed E-state index contributed by atoms with van der Waals surface area (Å²) in [7, 11) is -1.27. The van der Waals surface area contributed by atoms with Gasteiger partial charge in [-0.2, -0.15) is 0 Å². The van der Waals surface area contributed by atoms with E-state index >= 15 is 0 Å². The number of rotatable bonds is 5. The molecular formula is C25H24BBrN2O7. The highest BCUT2D eigenvalue weighted by molar-refractivity contribution is 9.10. The van der Waals surface area contributed by atoms with Crippen LogP contribution in [0.4, 0.5) is 11.4 Å². The molecule has 0 saturated carbocycles. The van der Waals surface area contributed by atoms with E-state index in [1.54, 1.807) is 12.1 Å². The summed E-state index contributed by atoms with van der Waals surface area (Å²) in [5, 5.41) is 32.8. The molecule has 5 rings (SSSR count). The number of fused-ring (bicyclic) bond motifs is 3. The van der Waals surface area contributed by atoms with Crippen LogP contribution in [0.3, 0.4) is 0 Å². The summed E-state index contributed by atoms with van der Waals surface area (Å²) in [5.74, 6) is -2.65. The van der Waals surface area contributed by atoms with Crippen molar-refractivity contribution in [1.82, 2.24) is 0 Å². The van der Waals surface area contributed by atoms with E-state index < -0.39 is 41.8 Å². The lowest BCUT2D eigenvalue weighted by molar-refractivity contribution is -0.384. The standard InChI is InChI=1S/C25H24BBrN2O7/c1-2-4-13-9-19-22(25(32)28(24(19)31)15-5-3-6-16(11-15)29(34)35)18-12-21(36-26(33)23(13)18)17-10-14(27)7-8-20(17)30/h3,5-8,10-11,18-19,21-22,30,33H,2,4,9,12H2,1H3/t18-,19-,21-,22+/m0/s1. The molecule has 0 radical (unpaired) electrons. The first-order valence-electron chi connectivity index (χ1n) is 11.9. The predicted molar refractivity (Wildman–Crippen MR) is 135 cm³/mol. The second-order valence-electron chi connectivity index (χ2n) is 9.46. The topological polar surface area (TPSA) is 130 Å². The zero-order valence-corrected chi connectivity index (χ0v) is 21.1. The minimum atomic E-state index is -1.27. The average molecular weight is 555 g/mol. The van der Waals surface area contributed by atoms with Crippen molar-refractivity contribution in [2.24, 2.45) is 17.8 Å². The Morgan fingerprint density at radius 3 is 2.69 bits per heavy atom. The first-order chi connectivity index (χ1) is 17.2. The summed E-state index contributed by atoms with van der Waals surface area (Å²) in [4.78, 5) is 39.1. The number of aromatic hydroxyl groups is 1. The molecule has 1 aliphatic carbocycles. The van der Waals surface area contributed by atoms with Crippen molar-refractivity contribution in [2.75, 3.05) is 4.90 Å². The number of phenolic OH excluding ortho intramolecular Hbond substituents is 1. The minimum Gasteiger partial charge on any atom is -0.508 e. The molecule has 2 heterocycles. The Morgan fingerprint density at radius 1 is 1.19 bits per heavy atom. The molecule has 4 atom stereocenters. The van der Waals surface area contributed by atoms with Gasteiger partial charge < -0.3 is 14.8 Å². The van der Waals surface area contributed by atoms with Crippen molar-refractivity contribution >= 4 is 46.2 Å². The number of non-ortho nitro benzene ring substituents is 1. The third-order valence-corrected chi connectivity index (χ3v) is 7.89. The third-order valence-electron chi connectivity index (χ3n) is 7.40. The van der Waals surface area contributed by atoms with E-state index in [0.717, 1.165) is 21.4 Å². The summed E-state index contributed by atoms with van der Waals surface area (Å²) < 4.78 is 6.68. The van der Waals surface area contributed by atoms with Crippen LogP contribution in [0.25, 0.3) is 0 Å². The molecule has 3 aliphatic rings. The van der Waals surface area contributed by atoms with Crippen LogP contribution < -0.4 is 4.90 Å². The van der Waals surface area contributed by atoms with Gasteiger partial charge >= 0.3 is 7.12 Å². The molecule has 2 aromatic rings. The predicted octanol–water partition coefficient (Wildman–Crippen LogP) is 4.47. The third kappa shape index (κ3) is 4.05. The van der Waals surface area contributed by atoms with Crippen LogP contribution in [0.1, 0.15) is 44.3 Å². The number of amides is 2. The highest BCUT2D eigenvalue weighted by atomic mass is 79.9. The number of allylic oxidation sites excluding steroid dienone is 2. The minimum absolute atomic E-state index is 0.0102. The largest absolute Gasteiger partial charge is 0.508 e. The summed E-state index contributed by atoms with van der Waals surface area (Å²) in [5.41, 5.74) is 2.00. The Labute approximate surface area is 216 Å². The van der Waals surface area contributed by atoms with Gasteiger partial charge in [0.15, 0.2) is 0 Å². The molecule has 0 aromatic heterocycles. The molecule has 2 N–H and O–H groups in total. The van der Waals surface area contributed by atoms with Crippen molar-refractivity contribution in [1.29, 1.82) is 0 Å². The number of nitrogens with zero attached hydrogens (tertiary/aromatic N) is 2. The zero-order chi connectivity index (χ0) is 25.7. The molecule has 2 fully saturated rings. The van der Waals surface area contributed by atoms with Crippen molar-refractivity contribution in [2.45, 2.75) is 38.7 Å². The Bertz CT molecular complexity index is 1300. The fraction of sp³-hybridized carbons (Fsp3) is 0.360. The lowest BCUT2D eigenvalue weighted by atomic mass is 9.54. The zero-order valence-electron chi connectivity index (χ0n) is 19.5. The van der Waals surface area contributed by atoms with Crippen LogP contribution in [-0.4, -0.2) is 34.0 Å². The molecule has 2 aliphatic heterocycles. The van der Waals surface area contributed by atoms with E-state index in [1.165, 1.54) is 30.3 Å². The molecule has 0 unspecified atom stereocenters. The number of imide groups is 1. The second-order valence-corrected chi connectivity index (χ2v) is 10.4. The highest BCUT2D eigenvalue weighted by Gasteiger charge is 2.58. The fourth-order valence-electron chi connectivity index (χ4n) is 5.93. The number of carbonyl (C=O) groups is 2. The lowest BCUT2D eigenvalue weighted by Crippen LogP contribution is -2.45. The summed E-state index contributed by atoms with van der Waals surface area (Å²) in [6.45, 7) is 2.00. The monoisotopic (exact) mass is 554 g/mol. The molecule has 2 saturated heterocycles. The molecule has 2 aromatic carbocycles. The van der Waals surface area contributed by atoms with E-state index in [1.807, 2.05) is 6.92 Å². The molecule has 11 heteroatoms. The number of hydrogen-bond donors (Lipinski definition) is 2. The maximum atomic E-state index is 13.8. The molecule has 0 bridgehead atoms. The summed E-state index contributed by atoms with van der Waals surface area (Å²) in [6, 6.07) is 10.4. The number of anilines is 1. The summed E-state index contributed by atoms with van der Waals surface area (Å²) >= 11 is 3.40. The van der Waals surface area contributed by atoms with Gasteiger partial charge in [-0.1, -0.05) is 40.9 Å². The van der Waals surface area contributed by atoms with Gasteiger partial charge in [-0.3, -0.25) is 19.7 Å². The van der Waals surface area contributed by atoms with Crippen LogP contribution in [0.15, 0.2) is 58.0 Å². The number of hydrogen-bond acceptors (Lipinski definition) is 7. The Kier molecular flexibility index (Phi) is 6.48. The van der Waals surface area contributed by atoms with Crippen molar-refractivity contribution in [3.8, 4) is 5.75 Å². The number of benzene rings is 2. The molecule has 186 valence electrons. The quantitative estimate of drug-likeness (QED) is 0.241. The van der Waals surface area contributed by atoms with Crippen LogP contribution in [0, 0.1) is 27.9 Å². The van der Waals surface area contributed by atoms with Gasteiger partial charge in [-0.15, -0.1) is 0 Å². The lowest BCUT2D eigenvalue weighted by Gasteiger charge is -2.42. The van der Waals surface area contributed by atoms with Gasteiger partial charge in [0, 0.05) is 22.2 Å². The molecule has 9 nitrogen and oxygen atoms in total. The molecule has 0 spiro atoms. The molecule has 36 heavy (non-hydrogen) atoms. The van der Waals surface area contributed by atoms with E-state index in [0.29, 0.717) is 30.3 Å². The van der Waals surface area contributed by atoms with Gasteiger partial charge in [-0.05, 0) is 54.9 Å². The van der Waals surface area contributed by atoms with Gasteiger partial charge in [0.1, 0.15) is 5.75 Å². The Hall–Kier alpha value is -3.02. The van der Waals surface area contributed by atoms with E-state index in [4.69, 9.17) is 4.65 Å². The Balaban J connectivity index is 1.56. The van der Waals surface area contributed by atoms with Gasteiger partial charge in [0.2, 0.25) is 11.8 Å². The fourth-order valence-corrected chi connectivity index (χ4v) is 6.31. The SMILES string of the molecule is CCCC1=C2B(O)O[C@H](c3cc(Br)ccc3O)C[C@H]2[C@H]2C(=O)N(c3cccc([N+](=O)[O-])c3)C(=O)[C@H]2C1. The van der Waals surface area contributed by atoms with Crippen LogP contribution in [-0.2, 0) is 14.2 Å². The first-order valence-corrected chi connectivity index (χ1v) is 12.7.